The van der Waals surface area contributed by atoms with Gasteiger partial charge in [-0.25, -0.2) is 9.97 Å². The lowest BCUT2D eigenvalue weighted by Crippen LogP contribution is -2.42. The molecule has 1 saturated carbocycles. The molecule has 1 fully saturated rings. The number of nitrogens with one attached hydrogen (secondary N) is 1. The largest absolute Gasteiger partial charge is 0.348 e. The van der Waals surface area contributed by atoms with Crippen LogP contribution in [0.4, 0.5) is 0 Å². The molecule has 0 spiro atoms. The fourth-order valence-corrected chi connectivity index (χ4v) is 3.12. The molecule has 1 amide bonds. The van der Waals surface area contributed by atoms with Crippen LogP contribution in [0, 0.1) is 5.92 Å². The van der Waals surface area contributed by atoms with Crippen molar-refractivity contribution in [2.45, 2.75) is 64.8 Å². The molecule has 5 heteroatoms. The summed E-state index contributed by atoms with van der Waals surface area (Å²) in [5, 5.41) is 3.45. The molecule has 1 aromatic heterocycles. The first kappa shape index (κ1) is 16.2. The van der Waals surface area contributed by atoms with Gasteiger partial charge >= 0.3 is 0 Å². The van der Waals surface area contributed by atoms with Gasteiger partial charge in [-0.2, -0.15) is 0 Å². The SMILES string of the molecule is CCC1CCCCC1NC(=O)c1nc(C(C)C)ncc1Cl. The number of carbonyl (C=O) groups excluding carboxylic acids is 1. The number of hydrogen-bond acceptors (Lipinski definition) is 3. The first-order valence-corrected chi connectivity index (χ1v) is 8.24. The zero-order valence-electron chi connectivity index (χ0n) is 13.0. The van der Waals surface area contributed by atoms with Gasteiger partial charge in [-0.15, -0.1) is 0 Å². The molecular formula is C16H24ClN3O. The molecule has 4 nitrogen and oxygen atoms in total. The Balaban J connectivity index is 2.14. The van der Waals surface area contributed by atoms with E-state index in [1.165, 1.54) is 25.5 Å². The monoisotopic (exact) mass is 309 g/mol. The first-order chi connectivity index (χ1) is 10.0. The second kappa shape index (κ2) is 7.21. The summed E-state index contributed by atoms with van der Waals surface area (Å²) in [6.45, 7) is 6.18. The average molecular weight is 310 g/mol. The van der Waals surface area contributed by atoms with Gasteiger partial charge in [0, 0.05) is 12.0 Å². The highest BCUT2D eigenvalue weighted by Crippen LogP contribution is 2.27. The van der Waals surface area contributed by atoms with Crippen LogP contribution in [0.2, 0.25) is 5.02 Å². The molecule has 1 aromatic rings. The molecule has 0 saturated heterocycles. The molecule has 0 radical (unpaired) electrons. The third-order valence-corrected chi connectivity index (χ3v) is 4.52. The van der Waals surface area contributed by atoms with Crippen LogP contribution in [0.3, 0.4) is 0 Å². The molecule has 0 bridgehead atoms. The number of nitrogens with zero attached hydrogens (tertiary/aromatic N) is 2. The molecule has 1 aliphatic carbocycles. The summed E-state index contributed by atoms with van der Waals surface area (Å²) in [7, 11) is 0. The van der Waals surface area contributed by atoms with E-state index >= 15 is 0 Å². The minimum atomic E-state index is -0.172. The van der Waals surface area contributed by atoms with Crippen molar-refractivity contribution >= 4 is 17.5 Å². The zero-order chi connectivity index (χ0) is 15.4. The van der Waals surface area contributed by atoms with E-state index in [2.05, 4.69) is 22.2 Å². The number of hydrogen-bond donors (Lipinski definition) is 1. The van der Waals surface area contributed by atoms with Crippen LogP contribution in [-0.4, -0.2) is 21.9 Å². The van der Waals surface area contributed by atoms with Gasteiger partial charge in [0.1, 0.15) is 11.5 Å². The Labute approximate surface area is 131 Å². The molecule has 0 aromatic carbocycles. The third kappa shape index (κ3) is 3.94. The molecule has 1 aliphatic rings. The molecule has 1 heterocycles. The van der Waals surface area contributed by atoms with Crippen molar-refractivity contribution in [1.82, 2.24) is 15.3 Å². The quantitative estimate of drug-likeness (QED) is 0.916. The predicted molar refractivity (Wildman–Crippen MR) is 84.6 cm³/mol. The van der Waals surface area contributed by atoms with Crippen molar-refractivity contribution in [3.8, 4) is 0 Å². The van der Waals surface area contributed by atoms with E-state index in [1.54, 1.807) is 0 Å². The Kier molecular flexibility index (Phi) is 5.57. The fraction of sp³-hybridized carbons (Fsp3) is 0.688. The van der Waals surface area contributed by atoms with Crippen LogP contribution in [0.5, 0.6) is 0 Å². The highest BCUT2D eigenvalue weighted by atomic mass is 35.5. The summed E-state index contributed by atoms with van der Waals surface area (Å²) in [5.74, 6) is 1.22. The topological polar surface area (TPSA) is 54.9 Å². The van der Waals surface area contributed by atoms with E-state index in [0.29, 0.717) is 22.5 Å². The number of amides is 1. The van der Waals surface area contributed by atoms with Crippen molar-refractivity contribution < 1.29 is 4.79 Å². The molecule has 0 aliphatic heterocycles. The van der Waals surface area contributed by atoms with E-state index in [9.17, 15) is 4.79 Å². The Morgan fingerprint density at radius 2 is 2.14 bits per heavy atom. The summed E-state index contributed by atoms with van der Waals surface area (Å²) in [6.07, 6.45) is 7.30. The van der Waals surface area contributed by atoms with Gasteiger partial charge in [-0.1, -0.05) is 51.6 Å². The molecule has 1 N–H and O–H groups in total. The molecule has 2 rings (SSSR count). The summed E-state index contributed by atoms with van der Waals surface area (Å²) in [5.41, 5.74) is 0.302. The highest BCUT2D eigenvalue weighted by molar-refractivity contribution is 6.33. The second-order valence-electron chi connectivity index (χ2n) is 6.11. The van der Waals surface area contributed by atoms with E-state index in [4.69, 9.17) is 11.6 Å². The van der Waals surface area contributed by atoms with Crippen LogP contribution in [0.1, 0.15) is 75.1 Å². The Morgan fingerprint density at radius 3 is 2.81 bits per heavy atom. The van der Waals surface area contributed by atoms with E-state index in [0.717, 1.165) is 12.8 Å². The molecular weight excluding hydrogens is 286 g/mol. The fourth-order valence-electron chi connectivity index (χ4n) is 2.94. The maximum absolute atomic E-state index is 12.5. The van der Waals surface area contributed by atoms with E-state index in [1.807, 2.05) is 13.8 Å². The van der Waals surface area contributed by atoms with Crippen LogP contribution < -0.4 is 5.32 Å². The van der Waals surface area contributed by atoms with Crippen molar-refractivity contribution in [2.75, 3.05) is 0 Å². The first-order valence-electron chi connectivity index (χ1n) is 7.86. The third-order valence-electron chi connectivity index (χ3n) is 4.24. The maximum atomic E-state index is 12.5. The average Bonchev–Trinajstić information content (AvgIpc) is 2.47. The summed E-state index contributed by atoms with van der Waals surface area (Å²) in [4.78, 5) is 21.0. The summed E-state index contributed by atoms with van der Waals surface area (Å²) < 4.78 is 0. The minimum Gasteiger partial charge on any atom is -0.348 e. The van der Waals surface area contributed by atoms with Crippen molar-refractivity contribution in [3.05, 3.63) is 22.7 Å². The number of carbonyl (C=O) groups is 1. The van der Waals surface area contributed by atoms with Gasteiger partial charge in [-0.05, 0) is 18.8 Å². The number of rotatable bonds is 4. The Hall–Kier alpha value is -1.16. The Bertz CT molecular complexity index is 504. The van der Waals surface area contributed by atoms with Crippen LogP contribution >= 0.6 is 11.6 Å². The summed E-state index contributed by atoms with van der Waals surface area (Å²) >= 11 is 6.10. The smallest absolute Gasteiger partial charge is 0.271 e. The lowest BCUT2D eigenvalue weighted by Gasteiger charge is -2.31. The van der Waals surface area contributed by atoms with Crippen LogP contribution in [-0.2, 0) is 0 Å². The lowest BCUT2D eigenvalue weighted by molar-refractivity contribution is 0.0899. The molecule has 21 heavy (non-hydrogen) atoms. The zero-order valence-corrected chi connectivity index (χ0v) is 13.8. The molecule has 2 unspecified atom stereocenters. The minimum absolute atomic E-state index is 0.172. The predicted octanol–water partition coefficient (Wildman–Crippen LogP) is 3.95. The Morgan fingerprint density at radius 1 is 1.43 bits per heavy atom. The van der Waals surface area contributed by atoms with Gasteiger partial charge < -0.3 is 5.32 Å². The van der Waals surface area contributed by atoms with Gasteiger partial charge in [0.15, 0.2) is 0 Å². The second-order valence-corrected chi connectivity index (χ2v) is 6.52. The van der Waals surface area contributed by atoms with Gasteiger partial charge in [0.2, 0.25) is 0 Å². The number of aromatic nitrogens is 2. The van der Waals surface area contributed by atoms with Gasteiger partial charge in [0.25, 0.3) is 5.91 Å². The lowest BCUT2D eigenvalue weighted by atomic mass is 9.83. The van der Waals surface area contributed by atoms with E-state index in [-0.39, 0.29) is 17.9 Å². The van der Waals surface area contributed by atoms with Gasteiger partial charge in [-0.3, -0.25) is 4.79 Å². The van der Waals surface area contributed by atoms with Gasteiger partial charge in [0.05, 0.1) is 11.2 Å². The normalized spacial score (nSPS) is 22.3. The van der Waals surface area contributed by atoms with Crippen molar-refractivity contribution in [1.29, 1.82) is 0 Å². The van der Waals surface area contributed by atoms with E-state index < -0.39 is 0 Å². The standard InChI is InChI=1S/C16H24ClN3O/c1-4-11-7-5-6-8-13(11)19-16(21)14-12(17)9-18-15(20-14)10(2)3/h9-11,13H,4-8H2,1-3H3,(H,19,21). The maximum Gasteiger partial charge on any atom is 0.271 e. The number of halogens is 1. The van der Waals surface area contributed by atoms with Crippen LogP contribution in [0.25, 0.3) is 0 Å². The molecule has 2 atom stereocenters. The van der Waals surface area contributed by atoms with Crippen LogP contribution in [0.15, 0.2) is 6.20 Å². The van der Waals surface area contributed by atoms with Crippen molar-refractivity contribution in [3.63, 3.8) is 0 Å². The van der Waals surface area contributed by atoms with Crippen molar-refractivity contribution in [2.24, 2.45) is 5.92 Å². The summed E-state index contributed by atoms with van der Waals surface area (Å²) in [6, 6.07) is 0.241. The highest BCUT2D eigenvalue weighted by Gasteiger charge is 2.26. The molecule has 116 valence electrons.